The van der Waals surface area contributed by atoms with Crippen molar-refractivity contribution in [3.05, 3.63) is 12.1 Å². The zero-order valence-corrected chi connectivity index (χ0v) is 11.0. The molecule has 2 heterocycles. The maximum Gasteiger partial charge on any atom is 0.215 e. The van der Waals surface area contributed by atoms with Gasteiger partial charge in [0.1, 0.15) is 0 Å². The number of anilines is 2. The summed E-state index contributed by atoms with van der Waals surface area (Å²) in [4.78, 5) is 6.78. The Hall–Kier alpha value is -1.49. The van der Waals surface area contributed by atoms with E-state index in [0.717, 1.165) is 13.1 Å². The fraction of sp³-hybridized carbons (Fsp3) is 0.615. The summed E-state index contributed by atoms with van der Waals surface area (Å²) in [7, 11) is 1.61. The number of nitrogens with one attached hydrogen (secondary N) is 1. The van der Waals surface area contributed by atoms with Crippen LogP contribution in [0.4, 0.5) is 11.5 Å². The highest BCUT2D eigenvalue weighted by molar-refractivity contribution is 5.61. The summed E-state index contributed by atoms with van der Waals surface area (Å²) < 4.78 is 5.09. The SMILES string of the molecule is COc1ccc(N)c(NCCN2CCCCC2)n1. The third-order valence-electron chi connectivity index (χ3n) is 3.28. The van der Waals surface area contributed by atoms with Crippen LogP contribution in [0.5, 0.6) is 5.88 Å². The number of likely N-dealkylation sites (tertiary alicyclic amines) is 1. The van der Waals surface area contributed by atoms with Crippen molar-refractivity contribution in [1.82, 2.24) is 9.88 Å². The Morgan fingerprint density at radius 2 is 2.11 bits per heavy atom. The molecule has 0 amide bonds. The van der Waals surface area contributed by atoms with Crippen molar-refractivity contribution in [3.8, 4) is 5.88 Å². The third-order valence-corrected chi connectivity index (χ3v) is 3.28. The molecule has 2 rings (SSSR count). The van der Waals surface area contributed by atoms with Crippen molar-refractivity contribution in [2.24, 2.45) is 0 Å². The van der Waals surface area contributed by atoms with Crippen LogP contribution in [0.25, 0.3) is 0 Å². The van der Waals surface area contributed by atoms with Crippen LogP contribution in [0.2, 0.25) is 0 Å². The molecule has 0 radical (unpaired) electrons. The molecule has 0 aliphatic carbocycles. The van der Waals surface area contributed by atoms with Gasteiger partial charge in [-0.05, 0) is 32.0 Å². The molecule has 0 aromatic carbocycles. The van der Waals surface area contributed by atoms with E-state index in [1.807, 2.05) is 6.07 Å². The van der Waals surface area contributed by atoms with E-state index in [1.54, 1.807) is 13.2 Å². The molecule has 1 aliphatic heterocycles. The number of hydrogen-bond acceptors (Lipinski definition) is 5. The summed E-state index contributed by atoms with van der Waals surface area (Å²) in [6.07, 6.45) is 4.01. The number of hydrogen-bond donors (Lipinski definition) is 2. The van der Waals surface area contributed by atoms with Crippen molar-refractivity contribution < 1.29 is 4.74 Å². The van der Waals surface area contributed by atoms with Crippen LogP contribution in [0, 0.1) is 0 Å². The Morgan fingerprint density at radius 3 is 2.83 bits per heavy atom. The third kappa shape index (κ3) is 3.50. The quantitative estimate of drug-likeness (QED) is 0.830. The molecule has 3 N–H and O–H groups in total. The summed E-state index contributed by atoms with van der Waals surface area (Å²) in [5, 5.41) is 3.28. The molecule has 0 bridgehead atoms. The van der Waals surface area contributed by atoms with Gasteiger partial charge in [-0.3, -0.25) is 0 Å². The molecule has 1 fully saturated rings. The maximum atomic E-state index is 5.87. The minimum atomic E-state index is 0.588. The molecule has 1 aliphatic rings. The van der Waals surface area contributed by atoms with Gasteiger partial charge >= 0.3 is 0 Å². The molecule has 5 heteroatoms. The van der Waals surface area contributed by atoms with Gasteiger partial charge in [-0.1, -0.05) is 6.42 Å². The van der Waals surface area contributed by atoms with Gasteiger partial charge in [0, 0.05) is 19.2 Å². The lowest BCUT2D eigenvalue weighted by atomic mass is 10.1. The largest absolute Gasteiger partial charge is 0.481 e. The zero-order valence-electron chi connectivity index (χ0n) is 11.0. The van der Waals surface area contributed by atoms with Gasteiger partial charge in [0.05, 0.1) is 12.8 Å². The van der Waals surface area contributed by atoms with Crippen LogP contribution < -0.4 is 15.8 Å². The molecule has 100 valence electrons. The number of nitrogens with zero attached hydrogens (tertiary/aromatic N) is 2. The molecule has 5 nitrogen and oxygen atoms in total. The first-order valence-corrected chi connectivity index (χ1v) is 6.56. The highest BCUT2D eigenvalue weighted by atomic mass is 16.5. The Labute approximate surface area is 108 Å². The molecule has 1 saturated heterocycles. The van der Waals surface area contributed by atoms with Crippen LogP contribution in [-0.4, -0.2) is 43.2 Å². The van der Waals surface area contributed by atoms with E-state index >= 15 is 0 Å². The highest BCUT2D eigenvalue weighted by Gasteiger charge is 2.09. The number of methoxy groups -OCH3 is 1. The number of rotatable bonds is 5. The normalized spacial score (nSPS) is 16.5. The van der Waals surface area contributed by atoms with Gasteiger partial charge in [-0.25, -0.2) is 0 Å². The second-order valence-corrected chi connectivity index (χ2v) is 4.62. The fourth-order valence-corrected chi connectivity index (χ4v) is 2.22. The number of pyridine rings is 1. The minimum absolute atomic E-state index is 0.588. The second-order valence-electron chi connectivity index (χ2n) is 4.62. The van der Waals surface area contributed by atoms with Crippen LogP contribution in [0.15, 0.2) is 12.1 Å². The molecule has 0 saturated carbocycles. The molecular formula is C13H22N4O. The number of piperidine rings is 1. The average Bonchev–Trinajstić information content (AvgIpc) is 2.42. The lowest BCUT2D eigenvalue weighted by molar-refractivity contribution is 0.237. The van der Waals surface area contributed by atoms with Crippen LogP contribution in [0.3, 0.4) is 0 Å². The second kappa shape index (κ2) is 6.44. The summed E-state index contributed by atoms with van der Waals surface area (Å²) in [5.41, 5.74) is 6.53. The van der Waals surface area contributed by atoms with E-state index in [1.165, 1.54) is 32.4 Å². The van der Waals surface area contributed by atoms with Crippen molar-refractivity contribution in [2.45, 2.75) is 19.3 Å². The van der Waals surface area contributed by atoms with Crippen molar-refractivity contribution in [1.29, 1.82) is 0 Å². The van der Waals surface area contributed by atoms with Gasteiger partial charge in [0.2, 0.25) is 5.88 Å². The molecule has 1 aromatic rings. The highest BCUT2D eigenvalue weighted by Crippen LogP contribution is 2.19. The van der Waals surface area contributed by atoms with E-state index in [-0.39, 0.29) is 0 Å². The molecule has 18 heavy (non-hydrogen) atoms. The number of nitrogens with two attached hydrogens (primary N) is 1. The van der Waals surface area contributed by atoms with Gasteiger partial charge in [0.25, 0.3) is 0 Å². The fourth-order valence-electron chi connectivity index (χ4n) is 2.22. The first-order valence-electron chi connectivity index (χ1n) is 6.56. The molecule has 0 atom stereocenters. The Morgan fingerprint density at radius 1 is 1.33 bits per heavy atom. The summed E-state index contributed by atoms with van der Waals surface area (Å²) in [6, 6.07) is 3.58. The van der Waals surface area contributed by atoms with E-state index in [4.69, 9.17) is 10.5 Å². The summed E-state index contributed by atoms with van der Waals surface area (Å²) in [6.45, 7) is 4.33. The monoisotopic (exact) mass is 250 g/mol. The first-order chi connectivity index (χ1) is 8.79. The molecule has 0 unspecified atom stereocenters. The molecule has 1 aromatic heterocycles. The Kier molecular flexibility index (Phi) is 4.64. The van der Waals surface area contributed by atoms with Crippen LogP contribution >= 0.6 is 0 Å². The first kappa shape index (κ1) is 13.0. The Bertz CT molecular complexity index is 377. The lowest BCUT2D eigenvalue weighted by Crippen LogP contribution is -2.33. The van der Waals surface area contributed by atoms with Crippen molar-refractivity contribution in [3.63, 3.8) is 0 Å². The van der Waals surface area contributed by atoms with Crippen molar-refractivity contribution in [2.75, 3.05) is 44.3 Å². The van der Waals surface area contributed by atoms with Crippen molar-refractivity contribution >= 4 is 11.5 Å². The number of aromatic nitrogens is 1. The Balaban J connectivity index is 1.81. The topological polar surface area (TPSA) is 63.4 Å². The maximum absolute atomic E-state index is 5.87. The smallest absolute Gasteiger partial charge is 0.215 e. The standard InChI is InChI=1S/C13H22N4O/c1-18-12-6-5-11(14)13(16-12)15-7-10-17-8-3-2-4-9-17/h5-6H,2-4,7-10,14H2,1H3,(H,15,16). The minimum Gasteiger partial charge on any atom is -0.481 e. The van der Waals surface area contributed by atoms with E-state index in [9.17, 15) is 0 Å². The lowest BCUT2D eigenvalue weighted by Gasteiger charge is -2.26. The zero-order chi connectivity index (χ0) is 12.8. The van der Waals surface area contributed by atoms with Gasteiger partial charge in [0.15, 0.2) is 5.82 Å². The number of ether oxygens (including phenoxy) is 1. The summed E-state index contributed by atoms with van der Waals surface area (Å²) >= 11 is 0. The number of nitrogen functional groups attached to an aromatic ring is 1. The van der Waals surface area contributed by atoms with Crippen LogP contribution in [-0.2, 0) is 0 Å². The average molecular weight is 250 g/mol. The predicted octanol–water partition coefficient (Wildman–Crippen LogP) is 1.57. The van der Waals surface area contributed by atoms with Gasteiger partial charge in [-0.2, -0.15) is 4.98 Å². The molecule has 0 spiro atoms. The molecular weight excluding hydrogens is 228 g/mol. The van der Waals surface area contributed by atoms with Crippen LogP contribution in [0.1, 0.15) is 19.3 Å². The van der Waals surface area contributed by atoms with Gasteiger partial charge in [-0.15, -0.1) is 0 Å². The summed E-state index contributed by atoms with van der Waals surface area (Å²) in [5.74, 6) is 1.30. The van der Waals surface area contributed by atoms with E-state index in [0.29, 0.717) is 17.4 Å². The van der Waals surface area contributed by atoms with Gasteiger partial charge < -0.3 is 20.7 Å². The predicted molar refractivity (Wildman–Crippen MR) is 74.0 cm³/mol. The van der Waals surface area contributed by atoms with E-state index in [2.05, 4.69) is 15.2 Å². The van der Waals surface area contributed by atoms with E-state index < -0.39 is 0 Å².